The molecule has 0 spiro atoms. The van der Waals surface area contributed by atoms with Crippen molar-refractivity contribution in [3.63, 3.8) is 0 Å². The van der Waals surface area contributed by atoms with Gasteiger partial charge < -0.3 is 5.11 Å². The van der Waals surface area contributed by atoms with E-state index in [1.807, 2.05) is 37.3 Å². The van der Waals surface area contributed by atoms with Crippen molar-refractivity contribution < 1.29 is 9.90 Å². The summed E-state index contributed by atoms with van der Waals surface area (Å²) in [5.41, 5.74) is 4.57. The van der Waals surface area contributed by atoms with Crippen LogP contribution in [0.25, 0.3) is 0 Å². The summed E-state index contributed by atoms with van der Waals surface area (Å²) in [6.45, 7) is 15.0. The normalized spacial score (nSPS) is 14.0. The van der Waals surface area contributed by atoms with Gasteiger partial charge in [-0.25, -0.2) is 0 Å². The number of benzene rings is 2. The van der Waals surface area contributed by atoms with Gasteiger partial charge in [0.1, 0.15) is 0 Å². The smallest absolute Gasteiger partial charge is 0.199 e. The van der Waals surface area contributed by atoms with E-state index in [0.717, 1.165) is 10.5 Å². The summed E-state index contributed by atoms with van der Waals surface area (Å²) in [5.74, 6) is 0.641. The maximum absolute atomic E-state index is 13.1. The molecule has 0 amide bonds. The molecule has 0 aliphatic heterocycles. The summed E-state index contributed by atoms with van der Waals surface area (Å²) in [6.07, 6.45) is -0.791. The Kier molecular flexibility index (Phi) is 7.91. The molecule has 0 radical (unpaired) electrons. The monoisotopic (exact) mass is 398 g/mol. The minimum absolute atomic E-state index is 0.0115. The molecule has 0 saturated carbocycles. The molecule has 0 aromatic heterocycles. The van der Waals surface area contributed by atoms with Gasteiger partial charge >= 0.3 is 0 Å². The van der Waals surface area contributed by atoms with E-state index in [2.05, 4.69) is 53.7 Å². The van der Waals surface area contributed by atoms with E-state index in [4.69, 9.17) is 0 Å². The van der Waals surface area contributed by atoms with Crippen molar-refractivity contribution in [3.8, 4) is 0 Å². The van der Waals surface area contributed by atoms with Crippen LogP contribution in [0.1, 0.15) is 94.6 Å². The number of thioether (sulfide) groups is 1. The maximum Gasteiger partial charge on any atom is 0.199 e. The number of rotatable bonds is 7. The summed E-state index contributed by atoms with van der Waals surface area (Å²) >= 11 is 1.31. The van der Waals surface area contributed by atoms with Gasteiger partial charge in [0.2, 0.25) is 0 Å². The van der Waals surface area contributed by atoms with Crippen LogP contribution in [0.2, 0.25) is 0 Å². The summed E-state index contributed by atoms with van der Waals surface area (Å²) in [4.78, 5) is 14.2. The lowest BCUT2D eigenvalue weighted by atomic mass is 9.89. The highest BCUT2D eigenvalue weighted by Crippen LogP contribution is 2.40. The Morgan fingerprint density at radius 3 is 1.71 bits per heavy atom. The first-order valence-corrected chi connectivity index (χ1v) is 11.1. The maximum atomic E-state index is 13.1. The molecule has 2 aromatic carbocycles. The molecule has 28 heavy (non-hydrogen) atoms. The lowest BCUT2D eigenvalue weighted by Crippen LogP contribution is -2.17. The predicted octanol–water partition coefficient (Wildman–Crippen LogP) is 7.05. The Bertz CT molecular complexity index is 764. The van der Waals surface area contributed by atoms with Crippen LogP contribution in [0.15, 0.2) is 47.4 Å². The van der Waals surface area contributed by atoms with Crippen molar-refractivity contribution in [2.75, 3.05) is 0 Å². The second-order valence-electron chi connectivity index (χ2n) is 8.56. The molecular formula is C25H34O2S. The SMILES string of the molecule is CC(C)c1cc(C(C)C)c(SC(=O)[C@H](C)[C@H](O)c2ccccc2)c(C(C)C)c1. The van der Waals surface area contributed by atoms with Gasteiger partial charge in [0.25, 0.3) is 0 Å². The van der Waals surface area contributed by atoms with E-state index >= 15 is 0 Å². The molecule has 2 aromatic rings. The first kappa shape index (κ1) is 22.7. The molecule has 0 bridgehead atoms. The van der Waals surface area contributed by atoms with Crippen molar-refractivity contribution >= 4 is 16.9 Å². The second-order valence-corrected chi connectivity index (χ2v) is 9.57. The van der Waals surface area contributed by atoms with Crippen LogP contribution in [0, 0.1) is 5.92 Å². The third-order valence-electron chi connectivity index (χ3n) is 5.27. The highest BCUT2D eigenvalue weighted by atomic mass is 32.2. The zero-order valence-corrected chi connectivity index (χ0v) is 19.0. The minimum Gasteiger partial charge on any atom is -0.388 e. The van der Waals surface area contributed by atoms with Crippen molar-refractivity contribution in [3.05, 3.63) is 64.7 Å². The van der Waals surface area contributed by atoms with Gasteiger partial charge in [0.15, 0.2) is 5.12 Å². The Morgan fingerprint density at radius 2 is 1.29 bits per heavy atom. The van der Waals surface area contributed by atoms with E-state index in [9.17, 15) is 9.90 Å². The second kappa shape index (κ2) is 9.76. The Morgan fingerprint density at radius 1 is 0.786 bits per heavy atom. The Balaban J connectivity index is 2.39. The minimum atomic E-state index is -0.791. The number of aliphatic hydroxyl groups is 1. The van der Waals surface area contributed by atoms with E-state index < -0.39 is 12.0 Å². The van der Waals surface area contributed by atoms with Crippen LogP contribution in [-0.2, 0) is 4.79 Å². The van der Waals surface area contributed by atoms with Crippen LogP contribution in [-0.4, -0.2) is 10.2 Å². The molecule has 2 rings (SSSR count). The number of aliphatic hydroxyl groups excluding tert-OH is 1. The topological polar surface area (TPSA) is 37.3 Å². The van der Waals surface area contributed by atoms with Gasteiger partial charge in [-0.1, -0.05) is 103 Å². The quantitative estimate of drug-likeness (QED) is 0.508. The number of hydrogen-bond acceptors (Lipinski definition) is 3. The molecule has 1 N–H and O–H groups in total. The van der Waals surface area contributed by atoms with Crippen LogP contribution < -0.4 is 0 Å². The predicted molar refractivity (Wildman–Crippen MR) is 120 cm³/mol. The lowest BCUT2D eigenvalue weighted by Gasteiger charge is -2.24. The lowest BCUT2D eigenvalue weighted by molar-refractivity contribution is -0.117. The Hall–Kier alpha value is -1.58. The third-order valence-corrected chi connectivity index (χ3v) is 6.52. The van der Waals surface area contributed by atoms with Gasteiger partial charge in [-0.05, 0) is 40.0 Å². The van der Waals surface area contributed by atoms with Crippen LogP contribution in [0.4, 0.5) is 0 Å². The van der Waals surface area contributed by atoms with Gasteiger partial charge in [-0.2, -0.15) is 0 Å². The zero-order valence-electron chi connectivity index (χ0n) is 18.2. The average molecular weight is 399 g/mol. The standard InChI is InChI=1S/C25H34O2S/c1-15(2)20-13-21(16(3)4)24(22(14-20)17(5)6)28-25(27)18(7)23(26)19-11-9-8-10-12-19/h8-18,23,26H,1-7H3/t18-,23+/m1/s1. The fraction of sp³-hybridized carbons (Fsp3) is 0.480. The molecule has 0 saturated heterocycles. The molecule has 152 valence electrons. The van der Waals surface area contributed by atoms with Crippen molar-refractivity contribution in [2.45, 2.75) is 77.2 Å². The molecule has 0 heterocycles. The largest absolute Gasteiger partial charge is 0.388 e. The van der Waals surface area contributed by atoms with Crippen molar-refractivity contribution in [2.24, 2.45) is 5.92 Å². The molecule has 2 nitrogen and oxygen atoms in total. The van der Waals surface area contributed by atoms with E-state index in [1.165, 1.54) is 28.5 Å². The van der Waals surface area contributed by atoms with Gasteiger partial charge in [0.05, 0.1) is 12.0 Å². The highest BCUT2D eigenvalue weighted by Gasteiger charge is 2.27. The number of carbonyl (C=O) groups excluding carboxylic acids is 1. The summed E-state index contributed by atoms with van der Waals surface area (Å²) in [6, 6.07) is 14.0. The molecular weight excluding hydrogens is 364 g/mol. The first-order valence-electron chi connectivity index (χ1n) is 10.3. The fourth-order valence-corrected chi connectivity index (χ4v) is 4.61. The molecule has 0 fully saturated rings. The van der Waals surface area contributed by atoms with Crippen molar-refractivity contribution in [1.82, 2.24) is 0 Å². The van der Waals surface area contributed by atoms with Crippen molar-refractivity contribution in [1.29, 1.82) is 0 Å². The molecule has 2 atom stereocenters. The molecule has 0 unspecified atom stereocenters. The molecule has 0 aliphatic carbocycles. The van der Waals surface area contributed by atoms with Crippen LogP contribution in [0.5, 0.6) is 0 Å². The van der Waals surface area contributed by atoms with E-state index in [1.54, 1.807) is 0 Å². The average Bonchev–Trinajstić information content (AvgIpc) is 2.66. The van der Waals surface area contributed by atoms with E-state index in [-0.39, 0.29) is 5.12 Å². The van der Waals surface area contributed by atoms with E-state index in [0.29, 0.717) is 17.8 Å². The summed E-state index contributed by atoms with van der Waals surface area (Å²) in [7, 11) is 0. The zero-order chi connectivity index (χ0) is 21.0. The number of hydrogen-bond donors (Lipinski definition) is 1. The van der Waals surface area contributed by atoms with Gasteiger partial charge in [0, 0.05) is 4.90 Å². The third kappa shape index (κ3) is 5.27. The first-order chi connectivity index (χ1) is 13.1. The van der Waals surface area contributed by atoms with Crippen LogP contribution >= 0.6 is 11.8 Å². The van der Waals surface area contributed by atoms with Gasteiger partial charge in [-0.3, -0.25) is 4.79 Å². The molecule has 3 heteroatoms. The molecule has 0 aliphatic rings. The highest BCUT2D eigenvalue weighted by molar-refractivity contribution is 8.13. The summed E-state index contributed by atoms with van der Waals surface area (Å²) < 4.78 is 0. The number of carbonyl (C=O) groups is 1. The van der Waals surface area contributed by atoms with Gasteiger partial charge in [-0.15, -0.1) is 0 Å². The van der Waals surface area contributed by atoms with Crippen LogP contribution in [0.3, 0.4) is 0 Å². The Labute approximate surface area is 174 Å². The fourth-order valence-electron chi connectivity index (χ4n) is 3.27. The summed E-state index contributed by atoms with van der Waals surface area (Å²) in [5, 5.41) is 10.7.